The van der Waals surface area contributed by atoms with E-state index >= 15 is 0 Å². The van der Waals surface area contributed by atoms with E-state index in [1.54, 1.807) is 5.56 Å². The van der Waals surface area contributed by atoms with E-state index in [0.717, 1.165) is 6.54 Å². The average molecular weight is 291 g/mol. The van der Waals surface area contributed by atoms with Gasteiger partial charge in [0.1, 0.15) is 12.6 Å². The zero-order valence-corrected chi connectivity index (χ0v) is 13.1. The maximum atomic E-state index is 3.70. The molecule has 2 heteroatoms. The largest absolute Gasteiger partial charge is 0.353 e. The van der Waals surface area contributed by atoms with E-state index in [-0.39, 0.29) is 0 Å². The van der Waals surface area contributed by atoms with Gasteiger partial charge in [-0.1, -0.05) is 42.0 Å². The summed E-state index contributed by atoms with van der Waals surface area (Å²) < 4.78 is 0. The van der Waals surface area contributed by atoms with E-state index in [1.807, 2.05) is 0 Å². The van der Waals surface area contributed by atoms with Gasteiger partial charge in [-0.25, -0.2) is 0 Å². The molecule has 4 rings (SSSR count). The van der Waals surface area contributed by atoms with Gasteiger partial charge in [0.15, 0.2) is 0 Å². The number of quaternary nitrogens is 1. The Morgan fingerprint density at radius 1 is 1.14 bits per heavy atom. The number of nitrogens with two attached hydrogens (primary N) is 1. The Kier molecular flexibility index (Phi) is 3.47. The number of hydrogen-bond donors (Lipinski definition) is 2. The van der Waals surface area contributed by atoms with Crippen LogP contribution in [0.1, 0.15) is 41.3 Å². The Hall–Kier alpha value is -2.06. The summed E-state index contributed by atoms with van der Waals surface area (Å²) in [7, 11) is 0. The van der Waals surface area contributed by atoms with Gasteiger partial charge in [0.2, 0.25) is 0 Å². The second kappa shape index (κ2) is 5.62. The maximum absolute atomic E-state index is 3.70. The van der Waals surface area contributed by atoms with Gasteiger partial charge in [0.25, 0.3) is 0 Å². The van der Waals surface area contributed by atoms with Crippen molar-refractivity contribution in [3.63, 3.8) is 0 Å². The van der Waals surface area contributed by atoms with Crippen LogP contribution in [0.4, 0.5) is 0 Å². The minimum absolute atomic E-state index is 0.566. The Balaban J connectivity index is 1.63. The number of aryl methyl sites for hydroxylation is 2. The van der Waals surface area contributed by atoms with E-state index < -0.39 is 0 Å². The molecule has 0 amide bonds. The summed E-state index contributed by atoms with van der Waals surface area (Å²) in [6.07, 6.45) is 3.78. The summed E-state index contributed by atoms with van der Waals surface area (Å²) in [4.78, 5) is 3.70. The molecular weight excluding hydrogens is 268 g/mol. The summed E-state index contributed by atoms with van der Waals surface area (Å²) >= 11 is 0. The minimum atomic E-state index is 0.566. The molecule has 1 heterocycles. The third-order valence-corrected chi connectivity index (χ3v) is 4.89. The van der Waals surface area contributed by atoms with Gasteiger partial charge in [-0.05, 0) is 37.5 Å². The minimum Gasteiger partial charge on any atom is -0.353 e. The van der Waals surface area contributed by atoms with Crippen molar-refractivity contribution in [3.8, 4) is 0 Å². The smallest absolute Gasteiger partial charge is 0.127 e. The molecule has 1 aliphatic rings. The highest BCUT2D eigenvalue weighted by atomic mass is 14.9. The summed E-state index contributed by atoms with van der Waals surface area (Å²) in [6.45, 7) is 3.24. The summed E-state index contributed by atoms with van der Waals surface area (Å²) in [6, 6.07) is 18.1. The fraction of sp³-hybridized carbons (Fsp3) is 0.300. The predicted octanol–water partition coefficient (Wildman–Crippen LogP) is 3.62. The fourth-order valence-corrected chi connectivity index (χ4v) is 3.74. The van der Waals surface area contributed by atoms with Gasteiger partial charge in [-0.3, -0.25) is 0 Å². The van der Waals surface area contributed by atoms with Crippen LogP contribution in [0.15, 0.2) is 48.5 Å². The summed E-state index contributed by atoms with van der Waals surface area (Å²) in [5.41, 5.74) is 7.07. The molecule has 22 heavy (non-hydrogen) atoms. The van der Waals surface area contributed by atoms with Crippen LogP contribution in [0.25, 0.3) is 10.9 Å². The van der Waals surface area contributed by atoms with Crippen LogP contribution in [0, 0.1) is 6.92 Å². The zero-order chi connectivity index (χ0) is 14.9. The van der Waals surface area contributed by atoms with Gasteiger partial charge < -0.3 is 10.3 Å². The molecule has 2 aromatic carbocycles. The first kappa shape index (κ1) is 13.6. The summed E-state index contributed by atoms with van der Waals surface area (Å²) in [5.74, 6) is 0. The Labute approximate surface area is 131 Å². The van der Waals surface area contributed by atoms with E-state index in [1.165, 1.54) is 47.0 Å². The number of H-pyrrole nitrogens is 1. The number of fused-ring (bicyclic) bond motifs is 3. The first-order chi connectivity index (χ1) is 10.8. The SMILES string of the molecule is Cc1ccc2[nH]c3c(c2c1)CCC[C@H]3[NH2+]Cc1ccccc1. The molecule has 0 spiro atoms. The average Bonchev–Trinajstić information content (AvgIpc) is 2.92. The number of benzene rings is 2. The molecule has 0 aliphatic heterocycles. The summed E-state index contributed by atoms with van der Waals surface area (Å²) in [5, 5.41) is 3.93. The molecule has 0 saturated carbocycles. The molecule has 112 valence electrons. The topological polar surface area (TPSA) is 32.4 Å². The highest BCUT2D eigenvalue weighted by molar-refractivity contribution is 5.85. The highest BCUT2D eigenvalue weighted by Crippen LogP contribution is 2.33. The number of aromatic nitrogens is 1. The monoisotopic (exact) mass is 291 g/mol. The standard InChI is InChI=1S/C20H22N2/c1-14-10-11-18-17(12-14)16-8-5-9-19(20(16)22-18)21-13-15-6-3-2-4-7-15/h2-4,6-7,10-12,19,21-22H,5,8-9,13H2,1H3/p+1/t19-/m1/s1. The van der Waals surface area contributed by atoms with Crippen LogP contribution in [-0.2, 0) is 13.0 Å². The third-order valence-electron chi connectivity index (χ3n) is 4.89. The molecule has 0 bridgehead atoms. The van der Waals surface area contributed by atoms with Crippen molar-refractivity contribution < 1.29 is 5.32 Å². The van der Waals surface area contributed by atoms with E-state index in [2.05, 4.69) is 65.8 Å². The van der Waals surface area contributed by atoms with Crippen molar-refractivity contribution >= 4 is 10.9 Å². The van der Waals surface area contributed by atoms with Gasteiger partial charge >= 0.3 is 0 Å². The van der Waals surface area contributed by atoms with E-state index in [0.29, 0.717) is 6.04 Å². The third kappa shape index (κ3) is 2.44. The van der Waals surface area contributed by atoms with Crippen molar-refractivity contribution in [2.75, 3.05) is 0 Å². The zero-order valence-electron chi connectivity index (χ0n) is 13.1. The number of rotatable bonds is 3. The van der Waals surface area contributed by atoms with E-state index in [4.69, 9.17) is 0 Å². The highest BCUT2D eigenvalue weighted by Gasteiger charge is 2.26. The van der Waals surface area contributed by atoms with Crippen molar-refractivity contribution in [1.82, 2.24) is 4.98 Å². The lowest BCUT2D eigenvalue weighted by molar-refractivity contribution is -0.712. The fourth-order valence-electron chi connectivity index (χ4n) is 3.74. The predicted molar refractivity (Wildman–Crippen MR) is 90.8 cm³/mol. The van der Waals surface area contributed by atoms with Crippen LogP contribution >= 0.6 is 0 Å². The van der Waals surface area contributed by atoms with Crippen molar-refractivity contribution in [3.05, 3.63) is 70.9 Å². The first-order valence-corrected chi connectivity index (χ1v) is 8.29. The molecule has 2 nitrogen and oxygen atoms in total. The van der Waals surface area contributed by atoms with Gasteiger partial charge in [0.05, 0.1) is 5.69 Å². The van der Waals surface area contributed by atoms with Crippen molar-refractivity contribution in [2.24, 2.45) is 0 Å². The van der Waals surface area contributed by atoms with Crippen LogP contribution < -0.4 is 5.32 Å². The Morgan fingerprint density at radius 2 is 2.00 bits per heavy atom. The van der Waals surface area contributed by atoms with Gasteiger partial charge in [-0.15, -0.1) is 0 Å². The first-order valence-electron chi connectivity index (χ1n) is 8.29. The lowest BCUT2D eigenvalue weighted by Crippen LogP contribution is -2.84. The van der Waals surface area contributed by atoms with Crippen LogP contribution in [0.2, 0.25) is 0 Å². The van der Waals surface area contributed by atoms with Crippen molar-refractivity contribution in [2.45, 2.75) is 38.8 Å². The normalized spacial score (nSPS) is 17.6. The molecule has 1 aliphatic carbocycles. The molecule has 3 aromatic rings. The molecule has 0 saturated heterocycles. The molecule has 0 radical (unpaired) electrons. The molecule has 0 unspecified atom stereocenters. The second-order valence-electron chi connectivity index (χ2n) is 6.49. The number of hydrogen-bond acceptors (Lipinski definition) is 0. The lowest BCUT2D eigenvalue weighted by atomic mass is 9.91. The molecule has 1 atom stereocenters. The Morgan fingerprint density at radius 3 is 2.86 bits per heavy atom. The molecule has 0 fully saturated rings. The van der Waals surface area contributed by atoms with Gasteiger partial charge in [0, 0.05) is 22.9 Å². The lowest BCUT2D eigenvalue weighted by Gasteiger charge is -2.21. The molecule has 3 N–H and O–H groups in total. The van der Waals surface area contributed by atoms with E-state index in [9.17, 15) is 0 Å². The van der Waals surface area contributed by atoms with Crippen LogP contribution in [0.5, 0.6) is 0 Å². The van der Waals surface area contributed by atoms with Crippen molar-refractivity contribution in [1.29, 1.82) is 0 Å². The maximum Gasteiger partial charge on any atom is 0.127 e. The number of aromatic amines is 1. The molecular formula is C20H23N2+. The van der Waals surface area contributed by atoms with Gasteiger partial charge in [-0.2, -0.15) is 0 Å². The van der Waals surface area contributed by atoms with Crippen LogP contribution in [0.3, 0.4) is 0 Å². The van der Waals surface area contributed by atoms with Crippen LogP contribution in [-0.4, -0.2) is 4.98 Å². The quantitative estimate of drug-likeness (QED) is 0.739. The molecule has 1 aromatic heterocycles. The Bertz CT molecular complexity index is 786. The number of nitrogens with one attached hydrogen (secondary N) is 1. The second-order valence-corrected chi connectivity index (χ2v) is 6.49.